The second-order valence-electron chi connectivity index (χ2n) is 5.08. The standard InChI is InChI=1S/C16H17ClN2O/c1-20-16-5-2-13(17)7-15(16)12-6-11(8-18-10-12)9-19-14-3-4-14/h2,5-8,10,14,19H,3-4,9H2,1H3. The molecule has 0 bridgehead atoms. The number of rotatable bonds is 5. The van der Waals surface area contributed by atoms with Crippen LogP contribution in [0.2, 0.25) is 5.02 Å². The Hall–Kier alpha value is -1.58. The van der Waals surface area contributed by atoms with E-state index in [0.29, 0.717) is 11.1 Å². The lowest BCUT2D eigenvalue weighted by Crippen LogP contribution is -2.15. The van der Waals surface area contributed by atoms with E-state index in [9.17, 15) is 0 Å². The lowest BCUT2D eigenvalue weighted by molar-refractivity contribution is 0.416. The van der Waals surface area contributed by atoms with E-state index in [-0.39, 0.29) is 0 Å². The quantitative estimate of drug-likeness (QED) is 0.912. The highest BCUT2D eigenvalue weighted by Crippen LogP contribution is 2.32. The molecule has 1 fully saturated rings. The maximum Gasteiger partial charge on any atom is 0.126 e. The summed E-state index contributed by atoms with van der Waals surface area (Å²) in [5.74, 6) is 0.809. The van der Waals surface area contributed by atoms with E-state index in [1.54, 1.807) is 7.11 Å². The predicted octanol–water partition coefficient (Wildman–Crippen LogP) is 3.66. The fraction of sp³-hybridized carbons (Fsp3) is 0.312. The summed E-state index contributed by atoms with van der Waals surface area (Å²) in [6, 6.07) is 8.45. The minimum absolute atomic E-state index is 0.694. The van der Waals surface area contributed by atoms with Crippen molar-refractivity contribution in [2.24, 2.45) is 0 Å². The normalized spacial score (nSPS) is 14.3. The topological polar surface area (TPSA) is 34.1 Å². The summed E-state index contributed by atoms with van der Waals surface area (Å²) in [4.78, 5) is 4.33. The molecule has 0 saturated heterocycles. The summed E-state index contributed by atoms with van der Waals surface area (Å²) >= 11 is 6.09. The fourth-order valence-corrected chi connectivity index (χ4v) is 2.36. The highest BCUT2D eigenvalue weighted by atomic mass is 35.5. The van der Waals surface area contributed by atoms with Crippen LogP contribution < -0.4 is 10.1 Å². The third-order valence-corrected chi connectivity index (χ3v) is 3.67. The van der Waals surface area contributed by atoms with Crippen LogP contribution >= 0.6 is 11.6 Å². The number of hydrogen-bond donors (Lipinski definition) is 1. The van der Waals surface area contributed by atoms with E-state index >= 15 is 0 Å². The van der Waals surface area contributed by atoms with Crippen LogP contribution in [0.15, 0.2) is 36.7 Å². The number of methoxy groups -OCH3 is 1. The molecule has 1 aliphatic rings. The molecule has 104 valence electrons. The Bertz CT molecular complexity index is 611. The minimum Gasteiger partial charge on any atom is -0.496 e. The molecule has 20 heavy (non-hydrogen) atoms. The van der Waals surface area contributed by atoms with Crippen molar-refractivity contribution in [2.75, 3.05) is 7.11 Å². The SMILES string of the molecule is COc1ccc(Cl)cc1-c1cncc(CNC2CC2)c1. The maximum atomic E-state index is 6.09. The smallest absolute Gasteiger partial charge is 0.126 e. The number of halogens is 1. The first kappa shape index (κ1) is 13.4. The van der Waals surface area contributed by atoms with Crippen molar-refractivity contribution in [3.8, 4) is 16.9 Å². The molecular formula is C16H17ClN2O. The number of ether oxygens (including phenoxy) is 1. The lowest BCUT2D eigenvalue weighted by atomic mass is 10.0. The maximum absolute atomic E-state index is 6.09. The van der Waals surface area contributed by atoms with Gasteiger partial charge in [0.15, 0.2) is 0 Å². The summed E-state index contributed by atoms with van der Waals surface area (Å²) in [5, 5.41) is 4.19. The van der Waals surface area contributed by atoms with Crippen molar-refractivity contribution in [1.29, 1.82) is 0 Å². The Kier molecular flexibility index (Phi) is 3.90. The van der Waals surface area contributed by atoms with Crippen molar-refractivity contribution in [2.45, 2.75) is 25.4 Å². The van der Waals surface area contributed by atoms with E-state index in [1.165, 1.54) is 18.4 Å². The molecule has 1 aromatic heterocycles. The first-order valence-corrected chi connectivity index (χ1v) is 7.15. The summed E-state index contributed by atoms with van der Waals surface area (Å²) in [5.41, 5.74) is 3.18. The molecule has 2 aromatic rings. The molecule has 1 aromatic carbocycles. The van der Waals surface area contributed by atoms with Crippen LogP contribution in [0.4, 0.5) is 0 Å². The summed E-state index contributed by atoms with van der Waals surface area (Å²) < 4.78 is 5.40. The molecule has 1 heterocycles. The molecule has 1 N–H and O–H groups in total. The third kappa shape index (κ3) is 3.11. The highest BCUT2D eigenvalue weighted by molar-refractivity contribution is 6.31. The van der Waals surface area contributed by atoms with E-state index in [4.69, 9.17) is 16.3 Å². The lowest BCUT2D eigenvalue weighted by Gasteiger charge is -2.10. The van der Waals surface area contributed by atoms with E-state index < -0.39 is 0 Å². The Balaban J connectivity index is 1.88. The second-order valence-corrected chi connectivity index (χ2v) is 5.52. The molecule has 3 rings (SSSR count). The van der Waals surface area contributed by atoms with Crippen molar-refractivity contribution in [3.05, 3.63) is 47.2 Å². The van der Waals surface area contributed by atoms with Crippen molar-refractivity contribution in [3.63, 3.8) is 0 Å². The van der Waals surface area contributed by atoms with Crippen LogP contribution in [0.1, 0.15) is 18.4 Å². The van der Waals surface area contributed by atoms with Gasteiger partial charge in [0.2, 0.25) is 0 Å². The minimum atomic E-state index is 0.694. The average Bonchev–Trinajstić information content (AvgIpc) is 3.30. The van der Waals surface area contributed by atoms with E-state index in [1.807, 2.05) is 30.6 Å². The van der Waals surface area contributed by atoms with Crippen LogP contribution in [-0.4, -0.2) is 18.1 Å². The van der Waals surface area contributed by atoms with Crippen LogP contribution in [-0.2, 0) is 6.54 Å². The molecule has 0 aliphatic heterocycles. The predicted molar refractivity (Wildman–Crippen MR) is 81.1 cm³/mol. The van der Waals surface area contributed by atoms with Gasteiger partial charge in [0, 0.05) is 41.1 Å². The van der Waals surface area contributed by atoms with Gasteiger partial charge in [-0.3, -0.25) is 4.98 Å². The van der Waals surface area contributed by atoms with Gasteiger partial charge in [0.05, 0.1) is 7.11 Å². The molecule has 3 nitrogen and oxygen atoms in total. The molecule has 1 aliphatic carbocycles. The van der Waals surface area contributed by atoms with Gasteiger partial charge in [-0.05, 0) is 42.7 Å². The zero-order valence-corrected chi connectivity index (χ0v) is 12.2. The zero-order valence-electron chi connectivity index (χ0n) is 11.4. The van der Waals surface area contributed by atoms with Crippen molar-refractivity contribution < 1.29 is 4.74 Å². The van der Waals surface area contributed by atoms with Gasteiger partial charge in [-0.15, -0.1) is 0 Å². The second kappa shape index (κ2) is 5.81. The number of hydrogen-bond acceptors (Lipinski definition) is 3. The van der Waals surface area contributed by atoms with Gasteiger partial charge in [-0.1, -0.05) is 11.6 Å². The van der Waals surface area contributed by atoms with Crippen molar-refractivity contribution in [1.82, 2.24) is 10.3 Å². The number of aromatic nitrogens is 1. The highest BCUT2D eigenvalue weighted by Gasteiger charge is 2.20. The first-order valence-electron chi connectivity index (χ1n) is 6.77. The van der Waals surface area contributed by atoms with Crippen LogP contribution in [0.25, 0.3) is 11.1 Å². The van der Waals surface area contributed by atoms with Gasteiger partial charge in [0.25, 0.3) is 0 Å². The van der Waals surface area contributed by atoms with Gasteiger partial charge < -0.3 is 10.1 Å². The fourth-order valence-electron chi connectivity index (χ4n) is 2.19. The van der Waals surface area contributed by atoms with Crippen molar-refractivity contribution >= 4 is 11.6 Å². The van der Waals surface area contributed by atoms with Gasteiger partial charge in [-0.2, -0.15) is 0 Å². The molecule has 0 radical (unpaired) electrons. The molecule has 0 amide bonds. The molecular weight excluding hydrogens is 272 g/mol. The largest absolute Gasteiger partial charge is 0.496 e. The molecule has 4 heteroatoms. The monoisotopic (exact) mass is 288 g/mol. The summed E-state index contributed by atoms with van der Waals surface area (Å²) in [6.07, 6.45) is 6.31. The third-order valence-electron chi connectivity index (χ3n) is 3.44. The van der Waals surface area contributed by atoms with Gasteiger partial charge in [0.1, 0.15) is 5.75 Å². The summed E-state index contributed by atoms with van der Waals surface area (Å²) in [6.45, 7) is 0.856. The molecule has 0 spiro atoms. The number of nitrogens with zero attached hydrogens (tertiary/aromatic N) is 1. The summed E-state index contributed by atoms with van der Waals surface area (Å²) in [7, 11) is 1.67. The zero-order chi connectivity index (χ0) is 13.9. The van der Waals surface area contributed by atoms with Crippen LogP contribution in [0.3, 0.4) is 0 Å². The Morgan fingerprint density at radius 2 is 2.15 bits per heavy atom. The Labute approximate surface area is 123 Å². The Morgan fingerprint density at radius 1 is 1.30 bits per heavy atom. The average molecular weight is 289 g/mol. The van der Waals surface area contributed by atoms with E-state index in [2.05, 4.69) is 16.4 Å². The van der Waals surface area contributed by atoms with Crippen LogP contribution in [0, 0.1) is 0 Å². The number of nitrogens with one attached hydrogen (secondary N) is 1. The van der Waals surface area contributed by atoms with Gasteiger partial charge in [-0.25, -0.2) is 0 Å². The number of pyridine rings is 1. The Morgan fingerprint density at radius 3 is 2.90 bits per heavy atom. The molecule has 0 unspecified atom stereocenters. The van der Waals surface area contributed by atoms with Gasteiger partial charge >= 0.3 is 0 Å². The molecule has 1 saturated carbocycles. The number of benzene rings is 1. The first-order chi connectivity index (χ1) is 9.76. The molecule has 0 atom stereocenters. The van der Waals surface area contributed by atoms with Crippen LogP contribution in [0.5, 0.6) is 5.75 Å². The van der Waals surface area contributed by atoms with E-state index in [0.717, 1.165) is 23.4 Å².